The van der Waals surface area contributed by atoms with E-state index in [0.29, 0.717) is 13.0 Å². The second-order valence-corrected chi connectivity index (χ2v) is 1.78. The highest BCUT2D eigenvalue weighted by Gasteiger charge is 1.92. The fourth-order valence-electron chi connectivity index (χ4n) is 0.330. The summed E-state index contributed by atoms with van der Waals surface area (Å²) in [4.78, 5) is 10.4. The molecule has 0 heterocycles. The van der Waals surface area contributed by atoms with Crippen molar-refractivity contribution in [3.8, 4) is 12.3 Å². The summed E-state index contributed by atoms with van der Waals surface area (Å²) in [5.74, 6) is 2.56. The molecule has 0 aliphatic rings. The molecule has 2 nitrogen and oxygen atoms in total. The Labute approximate surface area is 60.4 Å². The van der Waals surface area contributed by atoms with Gasteiger partial charge in [-0.25, -0.2) is 0 Å². The molecule has 9 heavy (non-hydrogen) atoms. The molecule has 0 rings (SSSR count). The van der Waals surface area contributed by atoms with Crippen LogP contribution in [-0.4, -0.2) is 18.2 Å². The van der Waals surface area contributed by atoms with Crippen molar-refractivity contribution in [2.24, 2.45) is 0 Å². The van der Waals surface area contributed by atoms with Crippen LogP contribution in [0.25, 0.3) is 0 Å². The highest BCUT2D eigenvalue weighted by molar-refractivity contribution is 7.81. The number of rotatable bonds is 3. The van der Waals surface area contributed by atoms with Crippen LogP contribution in [0.1, 0.15) is 6.42 Å². The van der Waals surface area contributed by atoms with Gasteiger partial charge in [0.25, 0.3) is 0 Å². The number of carbonyl (C=O) groups excluding carboxylic acids is 1. The molecule has 0 aliphatic heterocycles. The van der Waals surface area contributed by atoms with Gasteiger partial charge in [-0.05, 0) is 0 Å². The van der Waals surface area contributed by atoms with Crippen LogP contribution in [0.2, 0.25) is 0 Å². The Hall–Kier alpha value is -0.620. The van der Waals surface area contributed by atoms with Gasteiger partial charge in [0.05, 0.1) is 5.75 Å². The third kappa shape index (κ3) is 5.25. The average molecular weight is 143 g/mol. The third-order valence-corrected chi connectivity index (χ3v) is 1.02. The van der Waals surface area contributed by atoms with E-state index in [9.17, 15) is 4.79 Å². The quantitative estimate of drug-likeness (QED) is 0.326. The Bertz CT molecular complexity index is 128. The number of amides is 1. The van der Waals surface area contributed by atoms with Gasteiger partial charge in [-0.15, -0.1) is 12.3 Å². The summed E-state index contributed by atoms with van der Waals surface area (Å²) in [5.41, 5.74) is 0. The summed E-state index contributed by atoms with van der Waals surface area (Å²) in [5, 5.41) is 2.58. The van der Waals surface area contributed by atoms with E-state index in [0.717, 1.165) is 0 Å². The minimum absolute atomic E-state index is 0.0754. The summed E-state index contributed by atoms with van der Waals surface area (Å²) >= 11 is 3.75. The van der Waals surface area contributed by atoms with Gasteiger partial charge in [0.1, 0.15) is 0 Å². The van der Waals surface area contributed by atoms with E-state index in [2.05, 4.69) is 23.9 Å². The fraction of sp³-hybridized carbons (Fsp3) is 0.500. The number of hydrogen-bond acceptors (Lipinski definition) is 2. The predicted octanol–water partition coefficient (Wildman–Crippen LogP) is 0.0557. The maximum absolute atomic E-state index is 10.4. The predicted molar refractivity (Wildman–Crippen MR) is 40.3 cm³/mol. The molecule has 50 valence electrons. The zero-order valence-corrected chi connectivity index (χ0v) is 5.95. The molecule has 0 bridgehead atoms. The van der Waals surface area contributed by atoms with E-state index in [1.807, 2.05) is 0 Å². The number of nitrogens with one attached hydrogen (secondary N) is 1. The van der Waals surface area contributed by atoms with Crippen LogP contribution in [0.5, 0.6) is 0 Å². The monoisotopic (exact) mass is 143 g/mol. The van der Waals surface area contributed by atoms with Crippen LogP contribution in [0.15, 0.2) is 0 Å². The molecule has 0 fully saturated rings. The lowest BCUT2D eigenvalue weighted by Gasteiger charge is -1.96. The van der Waals surface area contributed by atoms with Crippen LogP contribution in [0.3, 0.4) is 0 Å². The highest BCUT2D eigenvalue weighted by Crippen LogP contribution is 1.74. The molecule has 0 aliphatic carbocycles. The van der Waals surface area contributed by atoms with Gasteiger partial charge < -0.3 is 5.32 Å². The van der Waals surface area contributed by atoms with Gasteiger partial charge in [0.2, 0.25) is 5.91 Å². The van der Waals surface area contributed by atoms with Crippen LogP contribution < -0.4 is 5.32 Å². The molecular weight excluding hydrogens is 134 g/mol. The second-order valence-electron chi connectivity index (χ2n) is 1.46. The van der Waals surface area contributed by atoms with E-state index in [1.54, 1.807) is 0 Å². The molecule has 0 aromatic rings. The van der Waals surface area contributed by atoms with E-state index in [-0.39, 0.29) is 11.7 Å². The number of carbonyl (C=O) groups is 1. The number of hydrogen-bond donors (Lipinski definition) is 2. The van der Waals surface area contributed by atoms with E-state index in [1.165, 1.54) is 0 Å². The van der Waals surface area contributed by atoms with E-state index in [4.69, 9.17) is 6.42 Å². The van der Waals surface area contributed by atoms with Gasteiger partial charge in [0.15, 0.2) is 0 Å². The van der Waals surface area contributed by atoms with Gasteiger partial charge in [-0.2, -0.15) is 12.6 Å². The molecule has 3 heteroatoms. The first-order chi connectivity index (χ1) is 4.31. The molecule has 0 aromatic carbocycles. The second kappa shape index (κ2) is 5.52. The largest absolute Gasteiger partial charge is 0.354 e. The fourth-order valence-corrected chi connectivity index (χ4v) is 0.442. The topological polar surface area (TPSA) is 29.1 Å². The van der Waals surface area contributed by atoms with Crippen molar-refractivity contribution in [3.63, 3.8) is 0 Å². The Morgan fingerprint density at radius 3 is 2.89 bits per heavy atom. The van der Waals surface area contributed by atoms with Gasteiger partial charge >= 0.3 is 0 Å². The van der Waals surface area contributed by atoms with Crippen molar-refractivity contribution in [2.45, 2.75) is 6.42 Å². The first-order valence-corrected chi connectivity index (χ1v) is 3.25. The zero-order chi connectivity index (χ0) is 7.11. The highest BCUT2D eigenvalue weighted by atomic mass is 32.1. The lowest BCUT2D eigenvalue weighted by Crippen LogP contribution is -2.24. The van der Waals surface area contributed by atoms with Crippen LogP contribution in [0, 0.1) is 12.3 Å². The van der Waals surface area contributed by atoms with Crippen molar-refractivity contribution >= 4 is 18.5 Å². The molecule has 0 saturated carbocycles. The summed E-state index contributed by atoms with van der Waals surface area (Å²) in [6.07, 6.45) is 5.52. The first-order valence-electron chi connectivity index (χ1n) is 2.62. The minimum atomic E-state index is -0.0754. The van der Waals surface area contributed by atoms with Crippen molar-refractivity contribution in [3.05, 3.63) is 0 Å². The smallest absolute Gasteiger partial charge is 0.229 e. The van der Waals surface area contributed by atoms with Crippen molar-refractivity contribution in [2.75, 3.05) is 12.3 Å². The molecular formula is C6H9NOS. The Balaban J connectivity index is 3.09. The number of terminal acetylenes is 1. The lowest BCUT2D eigenvalue weighted by molar-refractivity contribution is -0.118. The molecule has 0 aromatic heterocycles. The van der Waals surface area contributed by atoms with Crippen LogP contribution in [-0.2, 0) is 4.79 Å². The van der Waals surface area contributed by atoms with Crippen molar-refractivity contribution in [1.82, 2.24) is 5.32 Å². The van der Waals surface area contributed by atoms with E-state index < -0.39 is 0 Å². The van der Waals surface area contributed by atoms with E-state index >= 15 is 0 Å². The van der Waals surface area contributed by atoms with Crippen LogP contribution >= 0.6 is 12.6 Å². The molecule has 1 amide bonds. The first kappa shape index (κ1) is 8.38. The third-order valence-electron chi connectivity index (χ3n) is 0.735. The molecule has 0 radical (unpaired) electrons. The minimum Gasteiger partial charge on any atom is -0.354 e. The summed E-state index contributed by atoms with van der Waals surface area (Å²) < 4.78 is 0. The standard InChI is InChI=1S/C6H9NOS/c1-2-3-4-7-6(8)5-9/h1,9H,3-5H2,(H,7,8). The zero-order valence-electron chi connectivity index (χ0n) is 5.05. The van der Waals surface area contributed by atoms with Crippen LogP contribution in [0.4, 0.5) is 0 Å². The maximum atomic E-state index is 10.4. The Kier molecular flexibility index (Phi) is 5.14. The van der Waals surface area contributed by atoms with Crippen molar-refractivity contribution in [1.29, 1.82) is 0 Å². The maximum Gasteiger partial charge on any atom is 0.229 e. The Morgan fingerprint density at radius 2 is 2.44 bits per heavy atom. The molecule has 0 saturated heterocycles. The normalized spacial score (nSPS) is 8.00. The SMILES string of the molecule is C#CCCNC(=O)CS. The summed E-state index contributed by atoms with van der Waals surface area (Å²) in [7, 11) is 0. The van der Waals surface area contributed by atoms with Gasteiger partial charge in [-0.1, -0.05) is 0 Å². The summed E-state index contributed by atoms with van der Waals surface area (Å²) in [6, 6.07) is 0. The van der Waals surface area contributed by atoms with Gasteiger partial charge in [-0.3, -0.25) is 4.79 Å². The summed E-state index contributed by atoms with van der Waals surface area (Å²) in [6.45, 7) is 0.551. The average Bonchev–Trinajstić information content (AvgIpc) is 1.89. The lowest BCUT2D eigenvalue weighted by atomic mass is 10.4. The molecule has 0 unspecified atom stereocenters. The van der Waals surface area contributed by atoms with Gasteiger partial charge in [0, 0.05) is 13.0 Å². The van der Waals surface area contributed by atoms with Crippen molar-refractivity contribution < 1.29 is 4.79 Å². The Morgan fingerprint density at radius 1 is 1.78 bits per heavy atom. The molecule has 0 atom stereocenters. The molecule has 1 N–H and O–H groups in total. The molecule has 0 spiro atoms. The number of thiol groups is 1.